The number of nitrogens with one attached hydrogen (secondary N) is 1. The molecule has 1 fully saturated rings. The maximum atomic E-state index is 12.7. The summed E-state index contributed by atoms with van der Waals surface area (Å²) in [5.74, 6) is -0.0352. The minimum Gasteiger partial charge on any atom is -0.465 e. The van der Waals surface area contributed by atoms with Crippen LogP contribution in [0, 0.1) is 0 Å². The highest BCUT2D eigenvalue weighted by atomic mass is 16.6. The van der Waals surface area contributed by atoms with Crippen molar-refractivity contribution < 1.29 is 19.1 Å². The van der Waals surface area contributed by atoms with Gasteiger partial charge in [-0.1, -0.05) is 54.6 Å². The average molecular weight is 486 g/mol. The second-order valence-corrected chi connectivity index (χ2v) is 10.5. The molecule has 5 heteroatoms. The van der Waals surface area contributed by atoms with Crippen molar-refractivity contribution in [2.24, 2.45) is 0 Å². The molecule has 188 valence electrons. The van der Waals surface area contributed by atoms with E-state index in [4.69, 9.17) is 9.47 Å². The summed E-state index contributed by atoms with van der Waals surface area (Å²) in [5.41, 5.74) is 6.11. The van der Waals surface area contributed by atoms with Crippen LogP contribution in [0.15, 0.2) is 66.7 Å². The molecule has 0 saturated heterocycles. The summed E-state index contributed by atoms with van der Waals surface area (Å²) in [6.07, 6.45) is 3.07. The smallest absolute Gasteiger partial charge is 0.338 e. The van der Waals surface area contributed by atoms with Crippen LogP contribution >= 0.6 is 0 Å². The summed E-state index contributed by atoms with van der Waals surface area (Å²) in [6.45, 7) is 6.26. The standard InChI is InChI=1S/C31H35NO4/c1-31(2,3)36-29(33)19-26-17-22(10-15-28(26)32-20-21-8-6-5-7-9-21)16-25-14-13-24(23-11-12-23)18-27(25)30(34)35-4/h5-10,13-15,17-18,23,32H,11-12,16,19-20H2,1-4H3. The molecule has 0 amide bonds. The van der Waals surface area contributed by atoms with Crippen LogP contribution in [0.3, 0.4) is 0 Å². The second-order valence-electron chi connectivity index (χ2n) is 10.5. The molecule has 0 aromatic heterocycles. The first kappa shape index (κ1) is 25.5. The molecule has 1 aliphatic carbocycles. The van der Waals surface area contributed by atoms with Crippen LogP contribution in [0.5, 0.6) is 0 Å². The number of methoxy groups -OCH3 is 1. The molecular weight excluding hydrogens is 450 g/mol. The largest absolute Gasteiger partial charge is 0.465 e. The molecule has 0 atom stereocenters. The number of carbonyl (C=O) groups is 2. The van der Waals surface area contributed by atoms with Crippen molar-refractivity contribution in [3.05, 3.63) is 100 Å². The maximum absolute atomic E-state index is 12.7. The minimum absolute atomic E-state index is 0.159. The summed E-state index contributed by atoms with van der Waals surface area (Å²) in [7, 11) is 1.42. The molecule has 3 aromatic carbocycles. The SMILES string of the molecule is COC(=O)c1cc(C2CC2)ccc1Cc1ccc(NCc2ccccc2)c(CC(=O)OC(C)(C)C)c1. The quantitative estimate of drug-likeness (QED) is 0.354. The molecule has 5 nitrogen and oxygen atoms in total. The summed E-state index contributed by atoms with van der Waals surface area (Å²) >= 11 is 0. The molecule has 3 aromatic rings. The Morgan fingerprint density at radius 3 is 2.33 bits per heavy atom. The molecule has 0 radical (unpaired) electrons. The topological polar surface area (TPSA) is 64.6 Å². The number of hydrogen-bond donors (Lipinski definition) is 1. The molecule has 0 unspecified atom stereocenters. The summed E-state index contributed by atoms with van der Waals surface area (Å²) in [4.78, 5) is 25.2. The van der Waals surface area contributed by atoms with Crippen molar-refractivity contribution in [3.8, 4) is 0 Å². The molecule has 0 heterocycles. The zero-order valence-electron chi connectivity index (χ0n) is 21.6. The van der Waals surface area contributed by atoms with E-state index in [0.29, 0.717) is 24.4 Å². The first-order valence-corrected chi connectivity index (χ1v) is 12.5. The van der Waals surface area contributed by atoms with Gasteiger partial charge in [0.05, 0.1) is 19.1 Å². The Kier molecular flexibility index (Phi) is 7.78. The normalized spacial score (nSPS) is 13.2. The number of ether oxygens (including phenoxy) is 2. The number of anilines is 1. The number of benzene rings is 3. The molecular formula is C31H35NO4. The van der Waals surface area contributed by atoms with E-state index < -0.39 is 5.60 Å². The average Bonchev–Trinajstić information content (AvgIpc) is 3.68. The van der Waals surface area contributed by atoms with Gasteiger partial charge in [-0.25, -0.2) is 4.79 Å². The van der Waals surface area contributed by atoms with Gasteiger partial charge in [-0.15, -0.1) is 0 Å². The third-order valence-corrected chi connectivity index (χ3v) is 6.23. The fourth-order valence-corrected chi connectivity index (χ4v) is 4.34. The first-order chi connectivity index (χ1) is 17.2. The van der Waals surface area contributed by atoms with E-state index in [9.17, 15) is 9.59 Å². The van der Waals surface area contributed by atoms with Crippen LogP contribution in [0.2, 0.25) is 0 Å². The lowest BCUT2D eigenvalue weighted by Gasteiger charge is -2.20. The number of esters is 2. The van der Waals surface area contributed by atoms with Crippen LogP contribution in [0.1, 0.15) is 77.7 Å². The molecule has 0 aliphatic heterocycles. The van der Waals surface area contributed by atoms with Gasteiger partial charge in [-0.3, -0.25) is 4.79 Å². The Morgan fingerprint density at radius 2 is 1.67 bits per heavy atom. The monoisotopic (exact) mass is 485 g/mol. The zero-order chi connectivity index (χ0) is 25.7. The summed E-state index contributed by atoms with van der Waals surface area (Å²) < 4.78 is 10.7. The van der Waals surface area contributed by atoms with E-state index in [1.807, 2.05) is 69.3 Å². The van der Waals surface area contributed by atoms with Gasteiger partial charge in [0.2, 0.25) is 0 Å². The maximum Gasteiger partial charge on any atom is 0.338 e. The van der Waals surface area contributed by atoms with E-state index in [1.54, 1.807) is 0 Å². The second kappa shape index (κ2) is 11.0. The van der Waals surface area contributed by atoms with Gasteiger partial charge in [0.1, 0.15) is 5.60 Å². The predicted molar refractivity (Wildman–Crippen MR) is 142 cm³/mol. The fraction of sp³-hybridized carbons (Fsp3) is 0.355. The summed E-state index contributed by atoms with van der Waals surface area (Å²) in [6, 6.07) is 22.4. The lowest BCUT2D eigenvalue weighted by Crippen LogP contribution is -2.25. The highest BCUT2D eigenvalue weighted by Crippen LogP contribution is 2.40. The molecule has 4 rings (SSSR count). The van der Waals surface area contributed by atoms with Crippen LogP contribution in [0.25, 0.3) is 0 Å². The minimum atomic E-state index is -0.551. The number of rotatable bonds is 9. The molecule has 1 N–H and O–H groups in total. The van der Waals surface area contributed by atoms with E-state index >= 15 is 0 Å². The number of hydrogen-bond acceptors (Lipinski definition) is 5. The Hall–Kier alpha value is -3.60. The van der Waals surface area contributed by atoms with E-state index in [2.05, 4.69) is 23.5 Å². The van der Waals surface area contributed by atoms with Gasteiger partial charge in [0.15, 0.2) is 0 Å². The van der Waals surface area contributed by atoms with Crippen LogP contribution in [-0.2, 0) is 33.7 Å². The number of carbonyl (C=O) groups excluding carboxylic acids is 2. The van der Waals surface area contributed by atoms with Crippen molar-refractivity contribution in [1.29, 1.82) is 0 Å². The van der Waals surface area contributed by atoms with Crippen LogP contribution in [0.4, 0.5) is 5.69 Å². The Bertz CT molecular complexity index is 1220. The molecule has 0 spiro atoms. The molecule has 1 aliphatic rings. The third-order valence-electron chi connectivity index (χ3n) is 6.23. The predicted octanol–water partition coefficient (Wildman–Crippen LogP) is 6.44. The van der Waals surface area contributed by atoms with E-state index in [0.717, 1.165) is 27.9 Å². The van der Waals surface area contributed by atoms with Crippen LogP contribution < -0.4 is 5.32 Å². The molecule has 1 saturated carbocycles. The third kappa shape index (κ3) is 6.97. The van der Waals surface area contributed by atoms with Gasteiger partial charge in [0, 0.05) is 12.2 Å². The van der Waals surface area contributed by atoms with E-state index in [-0.39, 0.29) is 18.4 Å². The van der Waals surface area contributed by atoms with E-state index in [1.165, 1.54) is 25.5 Å². The van der Waals surface area contributed by atoms with Crippen molar-refractivity contribution >= 4 is 17.6 Å². The molecule has 0 bridgehead atoms. The Labute approximate surface area is 213 Å². The van der Waals surface area contributed by atoms with Gasteiger partial charge >= 0.3 is 11.9 Å². The summed E-state index contributed by atoms with van der Waals surface area (Å²) in [5, 5.41) is 3.47. The van der Waals surface area contributed by atoms with Crippen molar-refractivity contribution in [2.45, 2.75) is 64.5 Å². The lowest BCUT2D eigenvalue weighted by molar-refractivity contribution is -0.153. The fourth-order valence-electron chi connectivity index (χ4n) is 4.34. The lowest BCUT2D eigenvalue weighted by atomic mass is 9.94. The highest BCUT2D eigenvalue weighted by Gasteiger charge is 2.25. The Morgan fingerprint density at radius 1 is 0.917 bits per heavy atom. The van der Waals surface area contributed by atoms with Gasteiger partial charge in [-0.05, 0) is 85.9 Å². The highest BCUT2D eigenvalue weighted by molar-refractivity contribution is 5.91. The van der Waals surface area contributed by atoms with Crippen LogP contribution in [-0.4, -0.2) is 24.6 Å². The Balaban J connectivity index is 1.60. The van der Waals surface area contributed by atoms with Gasteiger partial charge < -0.3 is 14.8 Å². The molecule has 36 heavy (non-hydrogen) atoms. The van der Waals surface area contributed by atoms with Crippen molar-refractivity contribution in [2.75, 3.05) is 12.4 Å². The first-order valence-electron chi connectivity index (χ1n) is 12.5. The van der Waals surface area contributed by atoms with Gasteiger partial charge in [-0.2, -0.15) is 0 Å². The van der Waals surface area contributed by atoms with Crippen molar-refractivity contribution in [3.63, 3.8) is 0 Å². The van der Waals surface area contributed by atoms with Gasteiger partial charge in [0.25, 0.3) is 0 Å². The van der Waals surface area contributed by atoms with Crippen molar-refractivity contribution in [1.82, 2.24) is 0 Å². The zero-order valence-corrected chi connectivity index (χ0v) is 21.6.